The Bertz CT molecular complexity index is 3640. The van der Waals surface area contributed by atoms with Gasteiger partial charge in [-0.15, -0.1) is 0 Å². The van der Waals surface area contributed by atoms with Gasteiger partial charge in [0.2, 0.25) is 0 Å². The summed E-state index contributed by atoms with van der Waals surface area (Å²) in [6, 6.07) is 73.8. The first kappa shape index (κ1) is 53.7. The number of rotatable bonds is 0. The van der Waals surface area contributed by atoms with E-state index in [0.717, 1.165) is 44.3 Å². The van der Waals surface area contributed by atoms with E-state index in [9.17, 15) is 0 Å². The fraction of sp³-hybridized carbons (Fsp3) is 0.100. The lowest BCUT2D eigenvalue weighted by atomic mass is 10.1. The van der Waals surface area contributed by atoms with Gasteiger partial charge in [0.25, 0.3) is 0 Å². The van der Waals surface area contributed by atoms with E-state index in [0.29, 0.717) is 0 Å². The van der Waals surface area contributed by atoms with Gasteiger partial charge < -0.3 is 0 Å². The Labute approximate surface area is 452 Å². The Morgan fingerprint density at radius 2 is 0.701 bits per heavy atom. The van der Waals surface area contributed by atoms with Crippen molar-refractivity contribution >= 4 is 76.3 Å². The Morgan fingerprint density at radius 1 is 0.247 bits per heavy atom. The molecule has 378 valence electrons. The third-order valence-electron chi connectivity index (χ3n) is 12.5. The largest absolute Gasteiger partial charge is 0.256 e. The molecule has 7 aromatic carbocycles. The van der Waals surface area contributed by atoms with Crippen molar-refractivity contribution in [2.24, 2.45) is 0 Å². The lowest BCUT2D eigenvalue weighted by Crippen LogP contribution is -1.80. The quantitative estimate of drug-likeness (QED) is 0.149. The molecule has 0 bridgehead atoms. The molecule has 0 aliphatic carbocycles. The zero-order valence-corrected chi connectivity index (χ0v) is 44.9. The SMILES string of the molecule is Cc1ccc2ccccc2n1.Cc1ccc2cccnc2c1.Cc1ccc2ncccc2c1.Cc1cccc2cccnc12.Cc1cccc2ncccc12.Cc1ccnc2ccccc12.Cc1cnc2ccccc2c1. The van der Waals surface area contributed by atoms with Crippen LogP contribution in [0.4, 0.5) is 0 Å². The summed E-state index contributed by atoms with van der Waals surface area (Å²) < 4.78 is 0. The molecule has 77 heavy (non-hydrogen) atoms. The number of para-hydroxylation sites is 4. The summed E-state index contributed by atoms with van der Waals surface area (Å²) in [7, 11) is 0. The van der Waals surface area contributed by atoms with Crippen LogP contribution >= 0.6 is 0 Å². The van der Waals surface area contributed by atoms with Gasteiger partial charge in [-0.25, -0.2) is 0 Å². The maximum Gasteiger partial charge on any atom is 0.0731 e. The zero-order valence-electron chi connectivity index (χ0n) is 44.9. The number of fused-ring (bicyclic) bond motifs is 7. The van der Waals surface area contributed by atoms with E-state index in [-0.39, 0.29) is 0 Å². The molecule has 0 N–H and O–H groups in total. The number of pyridine rings is 7. The van der Waals surface area contributed by atoms with Gasteiger partial charge in [-0.05, 0) is 161 Å². The second kappa shape index (κ2) is 27.1. The van der Waals surface area contributed by atoms with E-state index in [2.05, 4.69) is 186 Å². The van der Waals surface area contributed by atoms with E-state index in [1.54, 1.807) is 0 Å². The summed E-state index contributed by atoms with van der Waals surface area (Å²) in [5, 5.41) is 8.55. The molecule has 0 aliphatic rings. The summed E-state index contributed by atoms with van der Waals surface area (Å²) >= 11 is 0. The maximum absolute atomic E-state index is 4.38. The number of benzene rings is 7. The van der Waals surface area contributed by atoms with Crippen molar-refractivity contribution < 1.29 is 0 Å². The third-order valence-corrected chi connectivity index (χ3v) is 12.5. The van der Waals surface area contributed by atoms with Crippen molar-refractivity contribution in [1.82, 2.24) is 34.9 Å². The number of aryl methyl sites for hydroxylation is 7. The van der Waals surface area contributed by atoms with Gasteiger partial charge in [-0.2, -0.15) is 0 Å². The lowest BCUT2D eigenvalue weighted by molar-refractivity contribution is 1.26. The first-order chi connectivity index (χ1) is 37.6. The number of aromatic nitrogens is 7. The van der Waals surface area contributed by atoms with Crippen LogP contribution in [0.15, 0.2) is 256 Å². The highest BCUT2D eigenvalue weighted by molar-refractivity contribution is 5.84. The average molecular weight is 1000 g/mol. The van der Waals surface area contributed by atoms with E-state index in [1.807, 2.05) is 153 Å². The summed E-state index contributed by atoms with van der Waals surface area (Å²) in [5.41, 5.74) is 16.2. The summed E-state index contributed by atoms with van der Waals surface area (Å²) in [6.45, 7) is 14.5. The normalized spacial score (nSPS) is 10.3. The molecule has 14 rings (SSSR count). The van der Waals surface area contributed by atoms with Crippen molar-refractivity contribution in [2.75, 3.05) is 0 Å². The van der Waals surface area contributed by atoms with Gasteiger partial charge in [0, 0.05) is 80.6 Å². The second-order valence-corrected chi connectivity index (χ2v) is 18.7. The Balaban J connectivity index is 0.000000119. The maximum atomic E-state index is 4.38. The zero-order chi connectivity index (χ0) is 53.8. The number of hydrogen-bond acceptors (Lipinski definition) is 7. The van der Waals surface area contributed by atoms with Gasteiger partial charge in [-0.3, -0.25) is 34.9 Å². The van der Waals surface area contributed by atoms with Gasteiger partial charge in [0.1, 0.15) is 0 Å². The molecule has 0 atom stereocenters. The molecule has 0 spiro atoms. The molecule has 0 aliphatic heterocycles. The highest BCUT2D eigenvalue weighted by Gasteiger charge is 1.98. The average Bonchev–Trinajstić information content (AvgIpc) is 3.47. The number of hydrogen-bond donors (Lipinski definition) is 0. The van der Waals surface area contributed by atoms with Gasteiger partial charge >= 0.3 is 0 Å². The highest BCUT2D eigenvalue weighted by Crippen LogP contribution is 2.18. The molecular weight excluding hydrogens is 939 g/mol. The predicted octanol–water partition coefficient (Wildman–Crippen LogP) is 17.8. The van der Waals surface area contributed by atoms with E-state index in [4.69, 9.17) is 0 Å². The Morgan fingerprint density at radius 3 is 1.45 bits per heavy atom. The smallest absolute Gasteiger partial charge is 0.0731 e. The van der Waals surface area contributed by atoms with Crippen LogP contribution in [0, 0.1) is 48.5 Å². The first-order valence-electron chi connectivity index (χ1n) is 25.8. The van der Waals surface area contributed by atoms with Gasteiger partial charge in [-0.1, -0.05) is 139 Å². The van der Waals surface area contributed by atoms with Crippen LogP contribution in [0.3, 0.4) is 0 Å². The number of nitrogens with zero attached hydrogens (tertiary/aromatic N) is 7. The molecule has 7 heterocycles. The van der Waals surface area contributed by atoms with Crippen molar-refractivity contribution in [3.05, 3.63) is 295 Å². The third kappa shape index (κ3) is 15.5. The van der Waals surface area contributed by atoms with Crippen LogP contribution < -0.4 is 0 Å². The molecule has 14 aromatic rings. The molecule has 0 saturated heterocycles. The van der Waals surface area contributed by atoms with Crippen molar-refractivity contribution in [1.29, 1.82) is 0 Å². The molecule has 7 aromatic heterocycles. The van der Waals surface area contributed by atoms with E-state index in [1.165, 1.54) is 71.1 Å². The second-order valence-electron chi connectivity index (χ2n) is 18.7. The van der Waals surface area contributed by atoms with Gasteiger partial charge in [0.15, 0.2) is 0 Å². The Hall–Kier alpha value is -9.59. The minimum atomic E-state index is 1.07. The summed E-state index contributed by atoms with van der Waals surface area (Å²) in [6.07, 6.45) is 11.0. The van der Waals surface area contributed by atoms with Crippen LogP contribution in [0.25, 0.3) is 76.3 Å². The highest BCUT2D eigenvalue weighted by atomic mass is 14.7. The topological polar surface area (TPSA) is 90.2 Å². The molecule has 0 saturated carbocycles. The van der Waals surface area contributed by atoms with Crippen molar-refractivity contribution in [2.45, 2.75) is 48.5 Å². The fourth-order valence-corrected chi connectivity index (χ4v) is 8.47. The first-order valence-corrected chi connectivity index (χ1v) is 25.8. The molecular formula is C70H63N7. The fourth-order valence-electron chi connectivity index (χ4n) is 8.47. The minimum absolute atomic E-state index is 1.07. The van der Waals surface area contributed by atoms with E-state index < -0.39 is 0 Å². The molecule has 0 amide bonds. The Kier molecular flexibility index (Phi) is 18.9. The minimum Gasteiger partial charge on any atom is -0.256 e. The lowest BCUT2D eigenvalue weighted by Gasteiger charge is -1.97. The van der Waals surface area contributed by atoms with Crippen LogP contribution in [0.1, 0.15) is 39.1 Å². The van der Waals surface area contributed by atoms with Crippen LogP contribution in [0.5, 0.6) is 0 Å². The van der Waals surface area contributed by atoms with Crippen LogP contribution in [0.2, 0.25) is 0 Å². The standard InChI is InChI=1S/7C10H9N/c1-8-4-2-6-10-9(8)5-3-7-11-10;1-8-4-2-5-9-6-3-7-11-10(8)9;1-8-4-5-10-9(7-8)3-2-6-11-10;1-8-4-5-9-3-2-6-11-10(9)7-8;1-8-6-9-4-2-3-5-10(9)11-7-8;1-8-6-7-11-10-5-3-2-4-9(8)10;1-8-6-7-9-4-2-3-5-10(9)11-8/h7*2-7H,1H3. The predicted molar refractivity (Wildman–Crippen MR) is 325 cm³/mol. The monoisotopic (exact) mass is 1000 g/mol. The molecule has 0 unspecified atom stereocenters. The van der Waals surface area contributed by atoms with Crippen LogP contribution in [-0.4, -0.2) is 34.9 Å². The molecule has 0 radical (unpaired) electrons. The van der Waals surface area contributed by atoms with Crippen molar-refractivity contribution in [3.63, 3.8) is 0 Å². The summed E-state index contributed by atoms with van der Waals surface area (Å²) in [5.74, 6) is 0. The van der Waals surface area contributed by atoms with Crippen molar-refractivity contribution in [3.8, 4) is 0 Å². The molecule has 0 fully saturated rings. The van der Waals surface area contributed by atoms with Gasteiger partial charge in [0.05, 0.1) is 38.6 Å². The van der Waals surface area contributed by atoms with E-state index >= 15 is 0 Å². The summed E-state index contributed by atoms with van der Waals surface area (Å²) in [4.78, 5) is 29.9. The molecule has 7 nitrogen and oxygen atoms in total. The molecule has 7 heteroatoms. The van der Waals surface area contributed by atoms with Crippen LogP contribution in [-0.2, 0) is 0 Å².